The summed E-state index contributed by atoms with van der Waals surface area (Å²) in [7, 11) is 0. The van der Waals surface area contributed by atoms with Crippen molar-refractivity contribution in [3.05, 3.63) is 119 Å². The molecule has 4 aromatic carbocycles. The normalized spacial score (nSPS) is 17.8. The Labute approximate surface area is 262 Å². The van der Waals surface area contributed by atoms with Crippen molar-refractivity contribution in [2.24, 2.45) is 0 Å². The van der Waals surface area contributed by atoms with Crippen molar-refractivity contribution in [3.63, 3.8) is 0 Å². The minimum Gasteiger partial charge on any atom is -0.444 e. The number of fused-ring (bicyclic) bond motifs is 1. The lowest BCUT2D eigenvalue weighted by Gasteiger charge is -2.39. The van der Waals surface area contributed by atoms with Crippen LogP contribution in [0, 0.1) is 0 Å². The van der Waals surface area contributed by atoms with Gasteiger partial charge in [-0.05, 0) is 71.5 Å². The van der Waals surface area contributed by atoms with Gasteiger partial charge in [-0.3, -0.25) is 0 Å². The molecule has 44 heavy (non-hydrogen) atoms. The number of aromatic amines is 1. The lowest BCUT2D eigenvalue weighted by Crippen LogP contribution is -2.48. The zero-order valence-corrected chi connectivity index (χ0v) is 26.0. The largest absolute Gasteiger partial charge is 0.444 e. The number of nitrogens with one attached hydrogen (secondary N) is 1. The van der Waals surface area contributed by atoms with Crippen LogP contribution in [0.4, 0.5) is 4.79 Å². The monoisotopic (exact) mass is 607 g/mol. The number of thioether (sulfide) groups is 1. The summed E-state index contributed by atoms with van der Waals surface area (Å²) >= 11 is 1.56. The van der Waals surface area contributed by atoms with Gasteiger partial charge in [0.15, 0.2) is 0 Å². The summed E-state index contributed by atoms with van der Waals surface area (Å²) < 4.78 is 12.3. The summed E-state index contributed by atoms with van der Waals surface area (Å²) in [4.78, 5) is 14.8. The molecule has 0 spiro atoms. The predicted octanol–water partition coefficient (Wildman–Crippen LogP) is 7.54. The van der Waals surface area contributed by atoms with E-state index in [1.807, 2.05) is 45.0 Å². The average molecular weight is 608 g/mol. The highest BCUT2D eigenvalue weighted by molar-refractivity contribution is 7.99. The van der Waals surface area contributed by atoms with E-state index in [1.165, 1.54) is 16.3 Å². The van der Waals surface area contributed by atoms with Crippen LogP contribution in [0.5, 0.6) is 0 Å². The molecule has 0 saturated carbocycles. The molecule has 2 heterocycles. The van der Waals surface area contributed by atoms with Crippen LogP contribution in [0.25, 0.3) is 10.8 Å². The SMILES string of the molecule is CC(C)(C)OC(=O)N1CCC(c2ccc(C(Sc3nn[nH]n3)c3ccccc3)cc2)C(OCc2ccc3ccccc3c2)C1. The molecule has 1 N–H and O–H groups in total. The molecule has 1 saturated heterocycles. The number of benzene rings is 4. The number of nitrogens with zero attached hydrogens (tertiary/aromatic N) is 4. The molecular weight excluding hydrogens is 570 g/mol. The molecule has 1 fully saturated rings. The van der Waals surface area contributed by atoms with E-state index in [0.29, 0.717) is 24.9 Å². The number of aromatic nitrogens is 4. The summed E-state index contributed by atoms with van der Waals surface area (Å²) in [5.41, 5.74) is 4.06. The fourth-order valence-electron chi connectivity index (χ4n) is 5.67. The zero-order chi connectivity index (χ0) is 30.5. The second-order valence-corrected chi connectivity index (χ2v) is 13.2. The highest BCUT2D eigenvalue weighted by Gasteiger charge is 2.35. The van der Waals surface area contributed by atoms with E-state index in [1.54, 1.807) is 16.7 Å². The number of H-pyrrole nitrogens is 1. The fourth-order valence-corrected chi connectivity index (χ4v) is 6.65. The van der Waals surface area contributed by atoms with Crippen LogP contribution < -0.4 is 0 Å². The van der Waals surface area contributed by atoms with Crippen molar-refractivity contribution in [2.75, 3.05) is 13.1 Å². The van der Waals surface area contributed by atoms with Crippen molar-refractivity contribution >= 4 is 28.6 Å². The van der Waals surface area contributed by atoms with Gasteiger partial charge >= 0.3 is 6.09 Å². The second-order valence-electron chi connectivity index (χ2n) is 12.1. The van der Waals surface area contributed by atoms with Crippen LogP contribution in [0.3, 0.4) is 0 Å². The smallest absolute Gasteiger partial charge is 0.410 e. The van der Waals surface area contributed by atoms with E-state index in [-0.39, 0.29) is 23.4 Å². The van der Waals surface area contributed by atoms with Gasteiger partial charge in [-0.2, -0.15) is 5.21 Å². The minimum absolute atomic E-state index is 0.0109. The van der Waals surface area contributed by atoms with E-state index in [0.717, 1.165) is 23.1 Å². The number of amides is 1. The third kappa shape index (κ3) is 7.29. The van der Waals surface area contributed by atoms with E-state index in [4.69, 9.17) is 9.47 Å². The molecular formula is C35H37N5O3S. The molecule has 3 unspecified atom stereocenters. The van der Waals surface area contributed by atoms with Crippen molar-refractivity contribution < 1.29 is 14.3 Å². The highest BCUT2D eigenvalue weighted by atomic mass is 32.2. The summed E-state index contributed by atoms with van der Waals surface area (Å²) in [6, 6.07) is 33.9. The zero-order valence-electron chi connectivity index (χ0n) is 25.2. The van der Waals surface area contributed by atoms with Crippen LogP contribution in [-0.2, 0) is 16.1 Å². The molecule has 9 heteroatoms. The van der Waals surface area contributed by atoms with Crippen molar-refractivity contribution in [1.29, 1.82) is 0 Å². The Morgan fingerprint density at radius 3 is 2.41 bits per heavy atom. The molecule has 8 nitrogen and oxygen atoms in total. The Morgan fingerprint density at radius 1 is 0.955 bits per heavy atom. The van der Waals surface area contributed by atoms with Gasteiger partial charge in [-0.25, -0.2) is 4.79 Å². The fraction of sp³-hybridized carbons (Fsp3) is 0.314. The summed E-state index contributed by atoms with van der Waals surface area (Å²) in [5, 5.41) is 17.6. The molecule has 6 rings (SSSR count). The first-order valence-electron chi connectivity index (χ1n) is 14.9. The predicted molar refractivity (Wildman–Crippen MR) is 172 cm³/mol. The van der Waals surface area contributed by atoms with Crippen molar-refractivity contribution in [1.82, 2.24) is 25.5 Å². The molecule has 0 bridgehead atoms. The third-order valence-electron chi connectivity index (χ3n) is 7.81. The lowest BCUT2D eigenvalue weighted by molar-refractivity contribution is -0.0359. The van der Waals surface area contributed by atoms with E-state index < -0.39 is 5.60 Å². The van der Waals surface area contributed by atoms with Gasteiger partial charge in [0, 0.05) is 12.5 Å². The van der Waals surface area contributed by atoms with E-state index >= 15 is 0 Å². The Kier molecular flexibility index (Phi) is 8.95. The van der Waals surface area contributed by atoms with Crippen molar-refractivity contribution in [2.45, 2.75) is 61.8 Å². The Bertz CT molecular complexity index is 1670. The topological polar surface area (TPSA) is 93.2 Å². The summed E-state index contributed by atoms with van der Waals surface area (Å²) in [5.74, 6) is 0.128. The molecule has 0 aliphatic carbocycles. The van der Waals surface area contributed by atoms with Crippen LogP contribution in [-0.4, -0.2) is 56.4 Å². The van der Waals surface area contributed by atoms with Gasteiger partial charge in [0.05, 0.1) is 24.5 Å². The average Bonchev–Trinajstić information content (AvgIpc) is 3.56. The minimum atomic E-state index is -0.556. The standard InChI is InChI=1S/C35H37N5O3S/c1-35(2,3)43-34(41)40-20-19-30(31(22-40)42-23-24-13-14-25-9-7-8-12-29(25)21-24)26-15-17-28(18-16-26)32(27-10-5-4-6-11-27)44-33-36-38-39-37-33/h4-18,21,30-32H,19-20,22-23H2,1-3H3,(H,36,37,38,39). The highest BCUT2D eigenvalue weighted by Crippen LogP contribution is 2.40. The summed E-state index contributed by atoms with van der Waals surface area (Å²) in [6.45, 7) is 7.22. The van der Waals surface area contributed by atoms with Crippen molar-refractivity contribution in [3.8, 4) is 0 Å². The number of tetrazole rings is 1. The molecule has 0 radical (unpaired) electrons. The quantitative estimate of drug-likeness (QED) is 0.182. The van der Waals surface area contributed by atoms with Gasteiger partial charge in [-0.1, -0.05) is 103 Å². The van der Waals surface area contributed by atoms with Gasteiger partial charge < -0.3 is 14.4 Å². The maximum atomic E-state index is 13.0. The molecule has 1 aliphatic rings. The number of rotatable bonds is 8. The number of carbonyl (C=O) groups excluding carboxylic acids is 1. The number of piperidine rings is 1. The number of hydrogen-bond acceptors (Lipinski definition) is 7. The van der Waals surface area contributed by atoms with E-state index in [9.17, 15) is 4.79 Å². The Balaban J connectivity index is 1.23. The first kappa shape index (κ1) is 29.8. The van der Waals surface area contributed by atoms with Crippen LogP contribution in [0.15, 0.2) is 102 Å². The lowest BCUT2D eigenvalue weighted by atomic mass is 9.86. The Morgan fingerprint density at radius 2 is 1.68 bits per heavy atom. The first-order valence-corrected chi connectivity index (χ1v) is 15.8. The number of hydrogen-bond donors (Lipinski definition) is 1. The number of carbonyl (C=O) groups is 1. The first-order chi connectivity index (χ1) is 21.3. The molecule has 226 valence electrons. The van der Waals surface area contributed by atoms with Gasteiger partial charge in [0.25, 0.3) is 0 Å². The molecule has 1 aliphatic heterocycles. The van der Waals surface area contributed by atoms with Gasteiger partial charge in [0.1, 0.15) is 5.60 Å². The van der Waals surface area contributed by atoms with Crippen LogP contribution in [0.2, 0.25) is 0 Å². The van der Waals surface area contributed by atoms with Crippen LogP contribution in [0.1, 0.15) is 60.6 Å². The second kappa shape index (κ2) is 13.2. The molecule has 3 atom stereocenters. The maximum Gasteiger partial charge on any atom is 0.410 e. The van der Waals surface area contributed by atoms with E-state index in [2.05, 4.69) is 93.4 Å². The van der Waals surface area contributed by atoms with Gasteiger partial charge in [-0.15, -0.1) is 10.2 Å². The summed E-state index contributed by atoms with van der Waals surface area (Å²) in [6.07, 6.45) is 0.294. The molecule has 5 aromatic rings. The number of likely N-dealkylation sites (tertiary alicyclic amines) is 1. The third-order valence-corrected chi connectivity index (χ3v) is 8.97. The molecule has 1 amide bonds. The van der Waals surface area contributed by atoms with Gasteiger partial charge in [0.2, 0.25) is 5.16 Å². The Hall–Kier alpha value is -4.21. The van der Waals surface area contributed by atoms with Crippen LogP contribution >= 0.6 is 11.8 Å². The molecule has 1 aromatic heterocycles. The maximum absolute atomic E-state index is 13.0. The number of ether oxygens (including phenoxy) is 2.